The van der Waals surface area contributed by atoms with E-state index >= 15 is 0 Å². The average molecular weight is 386 g/mol. The van der Waals surface area contributed by atoms with Crippen molar-refractivity contribution in [2.75, 3.05) is 12.0 Å². The molecule has 0 aliphatic carbocycles. The van der Waals surface area contributed by atoms with Crippen LogP contribution in [0.5, 0.6) is 5.75 Å². The highest BCUT2D eigenvalue weighted by molar-refractivity contribution is 6.31. The third kappa shape index (κ3) is 3.62. The summed E-state index contributed by atoms with van der Waals surface area (Å²) in [6, 6.07) is 4.34. The molecule has 2 aliphatic rings. The predicted molar refractivity (Wildman–Crippen MR) is 100.0 cm³/mol. The maximum atomic E-state index is 13.4. The smallest absolute Gasteiger partial charge is 0.326 e. The van der Waals surface area contributed by atoms with E-state index in [1.165, 1.54) is 12.0 Å². The van der Waals surface area contributed by atoms with Crippen molar-refractivity contribution >= 4 is 29.8 Å². The lowest BCUT2D eigenvalue weighted by Crippen LogP contribution is -2.56. The van der Waals surface area contributed by atoms with Gasteiger partial charge in [0.2, 0.25) is 12.2 Å². The Bertz CT molecular complexity index is 821. The predicted octanol–water partition coefficient (Wildman–Crippen LogP) is 1.39. The van der Waals surface area contributed by atoms with E-state index in [-0.39, 0.29) is 18.7 Å². The Kier molecular flexibility index (Phi) is 5.77. The molecule has 28 heavy (non-hydrogen) atoms. The molecule has 0 bridgehead atoms. The molecular formula is C20H22N2O6. The second kappa shape index (κ2) is 8.24. The van der Waals surface area contributed by atoms with Crippen molar-refractivity contribution in [3.8, 4) is 5.75 Å². The number of carboxylic acid groups (broad SMARTS) is 1. The van der Waals surface area contributed by atoms with Crippen LogP contribution in [0.1, 0.15) is 25.7 Å². The van der Waals surface area contributed by atoms with E-state index in [0.29, 0.717) is 30.7 Å². The SMILES string of the molecule is COc1cccc(N(C(=O)C=O)[C@H]2CC=CC[C@@H]3CC[C@@H](C(=O)O)N3C2=O)c1. The number of anilines is 1. The Hall–Kier alpha value is -3.16. The van der Waals surface area contributed by atoms with Crippen LogP contribution in [0.15, 0.2) is 36.4 Å². The first-order valence-corrected chi connectivity index (χ1v) is 9.10. The van der Waals surface area contributed by atoms with Gasteiger partial charge in [0.1, 0.15) is 17.8 Å². The lowest BCUT2D eigenvalue weighted by atomic mass is 10.0. The Morgan fingerprint density at radius 3 is 2.68 bits per heavy atom. The van der Waals surface area contributed by atoms with Gasteiger partial charge in [-0.05, 0) is 37.8 Å². The minimum atomic E-state index is -1.06. The Morgan fingerprint density at radius 2 is 2.00 bits per heavy atom. The molecule has 0 aromatic heterocycles. The highest BCUT2D eigenvalue weighted by Gasteiger charge is 2.45. The molecule has 0 radical (unpaired) electrons. The zero-order valence-corrected chi connectivity index (χ0v) is 15.5. The van der Waals surface area contributed by atoms with Crippen molar-refractivity contribution in [2.45, 2.75) is 43.8 Å². The number of aliphatic carboxylic acids is 1. The summed E-state index contributed by atoms with van der Waals surface area (Å²) in [5, 5.41) is 9.53. The van der Waals surface area contributed by atoms with E-state index in [9.17, 15) is 24.3 Å². The fourth-order valence-electron chi connectivity index (χ4n) is 3.94. The number of methoxy groups -OCH3 is 1. The number of hydrogen-bond acceptors (Lipinski definition) is 5. The molecule has 148 valence electrons. The van der Waals surface area contributed by atoms with Crippen LogP contribution in [0.25, 0.3) is 0 Å². The van der Waals surface area contributed by atoms with E-state index in [4.69, 9.17) is 4.74 Å². The lowest BCUT2D eigenvalue weighted by molar-refractivity contribution is -0.150. The number of ether oxygens (including phenoxy) is 1. The number of hydrogen-bond donors (Lipinski definition) is 1. The molecule has 8 heteroatoms. The minimum absolute atomic E-state index is 0.158. The number of carbonyl (C=O) groups is 4. The summed E-state index contributed by atoms with van der Waals surface area (Å²) in [7, 11) is 1.47. The molecule has 3 atom stereocenters. The molecule has 1 fully saturated rings. The van der Waals surface area contributed by atoms with Crippen molar-refractivity contribution in [1.29, 1.82) is 0 Å². The Balaban J connectivity index is 2.04. The van der Waals surface area contributed by atoms with Crippen molar-refractivity contribution in [3.63, 3.8) is 0 Å². The van der Waals surface area contributed by atoms with Crippen molar-refractivity contribution in [3.05, 3.63) is 36.4 Å². The number of carboxylic acids is 1. The van der Waals surface area contributed by atoms with Crippen molar-refractivity contribution in [1.82, 2.24) is 4.90 Å². The van der Waals surface area contributed by atoms with Gasteiger partial charge < -0.3 is 14.7 Å². The molecule has 1 aromatic rings. The summed E-state index contributed by atoms with van der Waals surface area (Å²) in [4.78, 5) is 51.3. The molecule has 1 saturated heterocycles. The fraction of sp³-hybridized carbons (Fsp3) is 0.400. The molecule has 0 saturated carbocycles. The summed E-state index contributed by atoms with van der Waals surface area (Å²) >= 11 is 0. The second-order valence-electron chi connectivity index (χ2n) is 6.82. The second-order valence-corrected chi connectivity index (χ2v) is 6.82. The van der Waals surface area contributed by atoms with Gasteiger partial charge in [-0.3, -0.25) is 19.3 Å². The highest BCUT2D eigenvalue weighted by Crippen LogP contribution is 2.32. The quantitative estimate of drug-likeness (QED) is 0.466. The summed E-state index contributed by atoms with van der Waals surface area (Å²) in [6.07, 6.45) is 5.57. The van der Waals surface area contributed by atoms with Gasteiger partial charge in [-0.25, -0.2) is 4.79 Å². The van der Waals surface area contributed by atoms with Crippen LogP contribution >= 0.6 is 0 Å². The molecule has 2 aliphatic heterocycles. The lowest BCUT2D eigenvalue weighted by Gasteiger charge is -2.37. The first-order valence-electron chi connectivity index (χ1n) is 9.10. The van der Waals surface area contributed by atoms with E-state index in [0.717, 1.165) is 4.90 Å². The maximum absolute atomic E-state index is 13.4. The standard InChI is InChI=1S/C20H22N2O6/c1-28-15-7-4-6-14(11-15)21(18(24)12-23)16-8-3-2-5-13-9-10-17(20(26)27)22(13)19(16)25/h2-4,6-7,11-13,16-17H,5,8-10H2,1H3,(H,26,27)/t13-,16+,17+/m1/s1. The molecule has 8 nitrogen and oxygen atoms in total. The molecule has 2 amide bonds. The van der Waals surface area contributed by atoms with Gasteiger partial charge in [0, 0.05) is 17.8 Å². The third-order valence-corrected chi connectivity index (χ3v) is 5.24. The number of fused-ring (bicyclic) bond motifs is 1. The first kappa shape index (κ1) is 19.6. The number of carbonyl (C=O) groups excluding carboxylic acids is 3. The summed E-state index contributed by atoms with van der Waals surface area (Å²) < 4.78 is 5.18. The molecular weight excluding hydrogens is 364 g/mol. The van der Waals surface area contributed by atoms with Crippen LogP contribution in [0.3, 0.4) is 0 Å². The van der Waals surface area contributed by atoms with Gasteiger partial charge in [-0.15, -0.1) is 0 Å². The molecule has 3 rings (SSSR count). The van der Waals surface area contributed by atoms with E-state index in [2.05, 4.69) is 0 Å². The van der Waals surface area contributed by atoms with Crippen LogP contribution in [0.4, 0.5) is 5.69 Å². The fourth-order valence-corrected chi connectivity index (χ4v) is 3.94. The number of benzene rings is 1. The number of amides is 2. The highest BCUT2D eigenvalue weighted by atomic mass is 16.5. The molecule has 0 spiro atoms. The molecule has 1 N–H and O–H groups in total. The number of aldehydes is 1. The largest absolute Gasteiger partial charge is 0.497 e. The van der Waals surface area contributed by atoms with Gasteiger partial charge in [-0.2, -0.15) is 0 Å². The van der Waals surface area contributed by atoms with Crippen LogP contribution < -0.4 is 9.64 Å². The van der Waals surface area contributed by atoms with Crippen LogP contribution in [-0.4, -0.2) is 59.3 Å². The van der Waals surface area contributed by atoms with Crippen LogP contribution in [0.2, 0.25) is 0 Å². The normalized spacial score (nSPS) is 24.1. The Labute approximate surface area is 162 Å². The number of nitrogens with zero attached hydrogens (tertiary/aromatic N) is 2. The zero-order valence-electron chi connectivity index (χ0n) is 15.5. The summed E-state index contributed by atoms with van der Waals surface area (Å²) in [6.45, 7) is 0. The van der Waals surface area contributed by atoms with Crippen LogP contribution in [-0.2, 0) is 19.2 Å². The summed E-state index contributed by atoms with van der Waals surface area (Å²) in [5.41, 5.74) is 0.339. The van der Waals surface area contributed by atoms with Crippen LogP contribution in [0, 0.1) is 0 Å². The van der Waals surface area contributed by atoms with Gasteiger partial charge in [0.25, 0.3) is 5.91 Å². The minimum Gasteiger partial charge on any atom is -0.497 e. The monoisotopic (exact) mass is 386 g/mol. The maximum Gasteiger partial charge on any atom is 0.326 e. The zero-order chi connectivity index (χ0) is 20.3. The van der Waals surface area contributed by atoms with Gasteiger partial charge in [0.15, 0.2) is 0 Å². The van der Waals surface area contributed by atoms with Gasteiger partial charge in [-0.1, -0.05) is 18.2 Å². The van der Waals surface area contributed by atoms with Crippen molar-refractivity contribution < 1.29 is 29.0 Å². The topological polar surface area (TPSA) is 104 Å². The number of rotatable bonds is 5. The third-order valence-electron chi connectivity index (χ3n) is 5.24. The van der Waals surface area contributed by atoms with Crippen molar-refractivity contribution in [2.24, 2.45) is 0 Å². The summed E-state index contributed by atoms with van der Waals surface area (Å²) in [5.74, 6) is -1.92. The average Bonchev–Trinajstić information content (AvgIpc) is 3.11. The first-order chi connectivity index (χ1) is 13.5. The van der Waals surface area contributed by atoms with Gasteiger partial charge >= 0.3 is 5.97 Å². The molecule has 2 heterocycles. The molecule has 1 aromatic carbocycles. The van der Waals surface area contributed by atoms with Gasteiger partial charge in [0.05, 0.1) is 7.11 Å². The van der Waals surface area contributed by atoms with E-state index < -0.39 is 29.9 Å². The molecule has 0 unspecified atom stereocenters. The Morgan fingerprint density at radius 1 is 1.25 bits per heavy atom. The van der Waals surface area contributed by atoms with E-state index in [1.807, 2.05) is 6.08 Å². The van der Waals surface area contributed by atoms with E-state index in [1.54, 1.807) is 30.3 Å².